The number of anilines is 1. The largest absolute Gasteiger partial charge is 0.376 e. The number of nitrogens with zero attached hydrogens (tertiary/aromatic N) is 2. The van der Waals surface area contributed by atoms with Gasteiger partial charge >= 0.3 is 0 Å². The van der Waals surface area contributed by atoms with Gasteiger partial charge in [-0.15, -0.1) is 11.3 Å². The molecule has 2 aliphatic rings. The number of carbonyl (C=O) groups is 1. The molecular formula is C18H21N3O2S. The van der Waals surface area contributed by atoms with E-state index in [9.17, 15) is 4.79 Å². The number of ether oxygens (including phenoxy) is 1. The van der Waals surface area contributed by atoms with E-state index in [2.05, 4.69) is 15.3 Å². The Balaban J connectivity index is 1.45. The number of nitrogens with one attached hydrogen (secondary N) is 1. The topological polar surface area (TPSA) is 64.1 Å². The lowest BCUT2D eigenvalue weighted by molar-refractivity contribution is 0.102. The number of hydrogen-bond donors (Lipinski definition) is 1. The standard InChI is InChI=1S/C18H21N3O2S/c22-17(13-8-16(24-11-13)12-4-2-1-3-5-12)21-18-19-9-14-10-23-7-6-15(14)20-18/h8-9,11-12H,1-7,10H2,(H,19,20,21,22). The van der Waals surface area contributed by atoms with Gasteiger partial charge in [0.05, 0.1) is 24.5 Å². The molecule has 2 aromatic rings. The first-order chi connectivity index (χ1) is 11.8. The smallest absolute Gasteiger partial charge is 0.258 e. The fraction of sp³-hybridized carbons (Fsp3) is 0.500. The van der Waals surface area contributed by atoms with Crippen molar-refractivity contribution in [1.29, 1.82) is 0 Å². The zero-order chi connectivity index (χ0) is 16.4. The number of aromatic nitrogens is 2. The third kappa shape index (κ3) is 3.35. The van der Waals surface area contributed by atoms with Gasteiger partial charge in [-0.05, 0) is 24.8 Å². The summed E-state index contributed by atoms with van der Waals surface area (Å²) in [5.41, 5.74) is 2.69. The Morgan fingerprint density at radius 3 is 3.04 bits per heavy atom. The summed E-state index contributed by atoms with van der Waals surface area (Å²) in [5, 5.41) is 4.78. The Labute approximate surface area is 145 Å². The summed E-state index contributed by atoms with van der Waals surface area (Å²) in [4.78, 5) is 22.5. The molecule has 0 aromatic carbocycles. The minimum atomic E-state index is -0.125. The molecule has 24 heavy (non-hydrogen) atoms. The van der Waals surface area contributed by atoms with E-state index < -0.39 is 0 Å². The molecule has 0 bridgehead atoms. The number of amides is 1. The van der Waals surface area contributed by atoms with Gasteiger partial charge < -0.3 is 4.74 Å². The van der Waals surface area contributed by atoms with E-state index >= 15 is 0 Å². The van der Waals surface area contributed by atoms with Crippen LogP contribution in [-0.4, -0.2) is 22.5 Å². The number of hydrogen-bond acceptors (Lipinski definition) is 5. The Bertz CT molecular complexity index is 738. The Hall–Kier alpha value is -1.79. The summed E-state index contributed by atoms with van der Waals surface area (Å²) in [5.74, 6) is 0.886. The van der Waals surface area contributed by atoms with Crippen molar-refractivity contribution in [2.45, 2.75) is 51.0 Å². The van der Waals surface area contributed by atoms with Crippen LogP contribution < -0.4 is 5.32 Å². The highest BCUT2D eigenvalue weighted by atomic mass is 32.1. The minimum absolute atomic E-state index is 0.125. The normalized spacial score (nSPS) is 18.2. The van der Waals surface area contributed by atoms with E-state index in [-0.39, 0.29) is 5.91 Å². The second-order valence-corrected chi connectivity index (χ2v) is 7.44. The lowest BCUT2D eigenvalue weighted by Crippen LogP contribution is -2.17. The highest BCUT2D eigenvalue weighted by molar-refractivity contribution is 7.10. The molecule has 2 aromatic heterocycles. The molecule has 5 nitrogen and oxygen atoms in total. The molecule has 0 radical (unpaired) electrons. The van der Waals surface area contributed by atoms with Gasteiger partial charge in [0.1, 0.15) is 0 Å². The fourth-order valence-corrected chi connectivity index (χ4v) is 4.50. The summed E-state index contributed by atoms with van der Waals surface area (Å²) in [7, 11) is 0. The molecule has 1 aliphatic heterocycles. The van der Waals surface area contributed by atoms with E-state index in [0.29, 0.717) is 30.6 Å². The second kappa shape index (κ2) is 6.99. The molecule has 0 unspecified atom stereocenters. The van der Waals surface area contributed by atoms with Gasteiger partial charge in [-0.3, -0.25) is 10.1 Å². The molecule has 4 rings (SSSR count). The lowest BCUT2D eigenvalue weighted by atomic mass is 9.88. The van der Waals surface area contributed by atoms with Crippen LogP contribution in [0.1, 0.15) is 64.5 Å². The SMILES string of the molecule is O=C(Nc1ncc2c(n1)CCOC2)c1csc(C2CCCCC2)c1. The van der Waals surface area contributed by atoms with Crippen LogP contribution in [0.5, 0.6) is 0 Å². The van der Waals surface area contributed by atoms with E-state index in [0.717, 1.165) is 17.7 Å². The Morgan fingerprint density at radius 2 is 2.17 bits per heavy atom. The highest BCUT2D eigenvalue weighted by Crippen LogP contribution is 2.36. The molecule has 0 spiro atoms. The van der Waals surface area contributed by atoms with Crippen LogP contribution in [0.15, 0.2) is 17.6 Å². The number of carbonyl (C=O) groups excluding carboxylic acids is 1. The quantitative estimate of drug-likeness (QED) is 0.918. The van der Waals surface area contributed by atoms with Gasteiger partial charge in [0.2, 0.25) is 5.95 Å². The molecular weight excluding hydrogens is 322 g/mol. The maximum atomic E-state index is 12.5. The average molecular weight is 343 g/mol. The first-order valence-corrected chi connectivity index (χ1v) is 9.50. The summed E-state index contributed by atoms with van der Waals surface area (Å²) >= 11 is 1.70. The van der Waals surface area contributed by atoms with Crippen molar-refractivity contribution >= 4 is 23.2 Å². The van der Waals surface area contributed by atoms with Crippen molar-refractivity contribution in [2.75, 3.05) is 11.9 Å². The molecule has 6 heteroatoms. The first-order valence-electron chi connectivity index (χ1n) is 8.62. The molecule has 1 N–H and O–H groups in total. The van der Waals surface area contributed by atoms with E-state index in [4.69, 9.17) is 4.74 Å². The zero-order valence-corrected chi connectivity index (χ0v) is 14.4. The van der Waals surface area contributed by atoms with Gasteiger partial charge in [-0.2, -0.15) is 0 Å². The Kier molecular flexibility index (Phi) is 4.58. The molecule has 1 aliphatic carbocycles. The molecule has 0 atom stereocenters. The van der Waals surface area contributed by atoms with Gasteiger partial charge in [0.15, 0.2) is 0 Å². The summed E-state index contributed by atoms with van der Waals surface area (Å²) in [6.45, 7) is 1.23. The van der Waals surface area contributed by atoms with E-state index in [1.807, 2.05) is 11.4 Å². The van der Waals surface area contributed by atoms with Crippen molar-refractivity contribution in [1.82, 2.24) is 9.97 Å². The molecule has 0 saturated heterocycles. The van der Waals surface area contributed by atoms with Crippen LogP contribution in [-0.2, 0) is 17.8 Å². The van der Waals surface area contributed by atoms with Crippen LogP contribution in [0.3, 0.4) is 0 Å². The third-order valence-corrected chi connectivity index (χ3v) is 5.90. The average Bonchev–Trinajstić information content (AvgIpc) is 3.13. The van der Waals surface area contributed by atoms with Crippen molar-refractivity contribution in [3.63, 3.8) is 0 Å². The zero-order valence-electron chi connectivity index (χ0n) is 13.6. The minimum Gasteiger partial charge on any atom is -0.376 e. The molecule has 1 fully saturated rings. The van der Waals surface area contributed by atoms with Crippen molar-refractivity contribution in [2.24, 2.45) is 0 Å². The monoisotopic (exact) mass is 343 g/mol. The highest BCUT2D eigenvalue weighted by Gasteiger charge is 2.20. The Morgan fingerprint density at radius 1 is 1.29 bits per heavy atom. The molecule has 1 saturated carbocycles. The summed E-state index contributed by atoms with van der Waals surface area (Å²) in [6.07, 6.45) is 8.96. The molecule has 3 heterocycles. The van der Waals surface area contributed by atoms with Crippen LogP contribution >= 0.6 is 11.3 Å². The van der Waals surface area contributed by atoms with Crippen LogP contribution in [0.2, 0.25) is 0 Å². The van der Waals surface area contributed by atoms with E-state index in [1.165, 1.54) is 37.0 Å². The van der Waals surface area contributed by atoms with Gasteiger partial charge in [0, 0.05) is 28.4 Å². The van der Waals surface area contributed by atoms with Crippen molar-refractivity contribution in [3.8, 4) is 0 Å². The maximum absolute atomic E-state index is 12.5. The first kappa shape index (κ1) is 15.7. The maximum Gasteiger partial charge on any atom is 0.258 e. The fourth-order valence-electron chi connectivity index (χ4n) is 3.44. The van der Waals surface area contributed by atoms with Crippen molar-refractivity contribution < 1.29 is 9.53 Å². The summed E-state index contributed by atoms with van der Waals surface area (Å²) < 4.78 is 5.38. The second-order valence-electron chi connectivity index (χ2n) is 6.49. The van der Waals surface area contributed by atoms with Crippen LogP contribution in [0, 0.1) is 0 Å². The van der Waals surface area contributed by atoms with Gasteiger partial charge in [0.25, 0.3) is 5.91 Å². The third-order valence-electron chi connectivity index (χ3n) is 4.81. The molecule has 126 valence electrons. The number of fused-ring (bicyclic) bond motifs is 1. The number of thiophene rings is 1. The van der Waals surface area contributed by atoms with Crippen LogP contribution in [0.25, 0.3) is 0 Å². The predicted octanol–water partition coefficient (Wildman–Crippen LogP) is 3.91. The van der Waals surface area contributed by atoms with E-state index in [1.54, 1.807) is 17.5 Å². The lowest BCUT2D eigenvalue weighted by Gasteiger charge is -2.19. The summed E-state index contributed by atoms with van der Waals surface area (Å²) in [6, 6.07) is 2.04. The van der Waals surface area contributed by atoms with Gasteiger partial charge in [-0.1, -0.05) is 19.3 Å². The number of rotatable bonds is 3. The predicted molar refractivity (Wildman–Crippen MR) is 93.5 cm³/mol. The van der Waals surface area contributed by atoms with Crippen LogP contribution in [0.4, 0.5) is 5.95 Å². The van der Waals surface area contributed by atoms with Gasteiger partial charge in [-0.25, -0.2) is 9.97 Å². The molecule has 1 amide bonds. The van der Waals surface area contributed by atoms with Crippen molar-refractivity contribution in [3.05, 3.63) is 39.3 Å².